The summed E-state index contributed by atoms with van der Waals surface area (Å²) in [6.45, 7) is 7.89. The van der Waals surface area contributed by atoms with E-state index in [9.17, 15) is 23.2 Å². The van der Waals surface area contributed by atoms with Crippen LogP contribution < -0.4 is 10.4 Å². The van der Waals surface area contributed by atoms with E-state index in [0.717, 1.165) is 45.3 Å². The van der Waals surface area contributed by atoms with Gasteiger partial charge >= 0.3 is 12.1 Å². The number of rotatable bonds is 7. The summed E-state index contributed by atoms with van der Waals surface area (Å²) in [6, 6.07) is 10.8. The number of aliphatic carboxylic acids is 1. The summed E-state index contributed by atoms with van der Waals surface area (Å²) >= 11 is 3.52. The molecule has 5 rings (SSSR count). The van der Waals surface area contributed by atoms with Gasteiger partial charge in [-0.2, -0.15) is 23.4 Å². The number of nitrogens with zero attached hydrogens (tertiary/aromatic N) is 7. The molecule has 0 bridgehead atoms. The van der Waals surface area contributed by atoms with Crippen LogP contribution >= 0.6 is 15.9 Å². The molecule has 1 saturated carbocycles. The van der Waals surface area contributed by atoms with Crippen molar-refractivity contribution in [3.8, 4) is 6.07 Å². The first-order chi connectivity index (χ1) is 21.9. The molecule has 0 atom stereocenters. The van der Waals surface area contributed by atoms with Gasteiger partial charge in [-0.1, -0.05) is 31.4 Å². The highest BCUT2D eigenvalue weighted by atomic mass is 79.9. The molecule has 1 aliphatic carbocycles. The van der Waals surface area contributed by atoms with Gasteiger partial charge in [0, 0.05) is 50.5 Å². The van der Waals surface area contributed by atoms with E-state index in [0.29, 0.717) is 21.9 Å². The second-order valence-electron chi connectivity index (χ2n) is 11.9. The number of carboxylic acids is 1. The molecule has 2 aromatic rings. The molecule has 3 fully saturated rings. The molecule has 1 aromatic carbocycles. The fraction of sp³-hybridized carbons (Fsp3) is 0.581. The van der Waals surface area contributed by atoms with Crippen molar-refractivity contribution < 1.29 is 27.9 Å². The van der Waals surface area contributed by atoms with Crippen LogP contribution in [0.5, 0.6) is 0 Å². The van der Waals surface area contributed by atoms with Crippen LogP contribution in [0.1, 0.15) is 66.7 Å². The van der Waals surface area contributed by atoms with E-state index in [2.05, 4.69) is 65.2 Å². The van der Waals surface area contributed by atoms with Crippen molar-refractivity contribution in [3.63, 3.8) is 0 Å². The number of carbonyl (C=O) groups is 2. The molecule has 1 aromatic heterocycles. The molecule has 15 heteroatoms. The normalized spacial score (nSPS) is 19.0. The van der Waals surface area contributed by atoms with Crippen molar-refractivity contribution in [2.24, 2.45) is 0 Å². The molecular weight excluding hydrogens is 669 g/mol. The second-order valence-corrected chi connectivity index (χ2v) is 12.8. The van der Waals surface area contributed by atoms with E-state index in [1.807, 2.05) is 23.2 Å². The molecule has 2 saturated heterocycles. The number of nitrogens with one attached hydrogen (secondary N) is 1. The summed E-state index contributed by atoms with van der Waals surface area (Å²) in [5, 5.41) is 18.3. The van der Waals surface area contributed by atoms with Gasteiger partial charge in [-0.3, -0.25) is 25.0 Å². The molecule has 0 unspecified atom stereocenters. The van der Waals surface area contributed by atoms with Gasteiger partial charge in [0.1, 0.15) is 6.07 Å². The highest BCUT2D eigenvalue weighted by Gasteiger charge is 2.38. The van der Waals surface area contributed by atoms with Crippen molar-refractivity contribution in [2.75, 3.05) is 51.3 Å². The smallest absolute Gasteiger partial charge is 0.475 e. The van der Waals surface area contributed by atoms with Crippen molar-refractivity contribution in [1.82, 2.24) is 30.1 Å². The van der Waals surface area contributed by atoms with Gasteiger partial charge < -0.3 is 10.0 Å². The van der Waals surface area contributed by atoms with E-state index in [1.54, 1.807) is 6.20 Å². The van der Waals surface area contributed by atoms with Gasteiger partial charge in [0.05, 0.1) is 10.5 Å². The largest absolute Gasteiger partial charge is 0.490 e. The maximum atomic E-state index is 13.4. The average Bonchev–Trinajstić information content (AvgIpc) is 3.05. The Bertz CT molecular complexity index is 1350. The Morgan fingerprint density at radius 2 is 1.65 bits per heavy atom. The molecule has 11 nitrogen and oxygen atoms in total. The van der Waals surface area contributed by atoms with Crippen LogP contribution in [0.25, 0.3) is 0 Å². The highest BCUT2D eigenvalue weighted by Crippen LogP contribution is 2.30. The number of piperidine rings is 1. The van der Waals surface area contributed by atoms with Crippen LogP contribution in [-0.2, 0) is 11.3 Å². The van der Waals surface area contributed by atoms with E-state index in [1.165, 1.54) is 51.0 Å². The van der Waals surface area contributed by atoms with Crippen LogP contribution in [0.3, 0.4) is 0 Å². The third kappa shape index (κ3) is 10.1. The number of nitriles is 1. The van der Waals surface area contributed by atoms with Crippen molar-refractivity contribution in [3.05, 3.63) is 51.9 Å². The van der Waals surface area contributed by atoms with Gasteiger partial charge in [0.15, 0.2) is 5.82 Å². The number of likely N-dealkylation sites (N-methyl/N-ethyl adjacent to an activating group) is 1. The fourth-order valence-electron chi connectivity index (χ4n) is 6.06. The Labute approximate surface area is 275 Å². The van der Waals surface area contributed by atoms with Gasteiger partial charge in [-0.25, -0.2) is 9.78 Å². The monoisotopic (exact) mass is 708 g/mol. The average molecular weight is 710 g/mol. The Kier molecular flexibility index (Phi) is 12.7. The number of piperazine rings is 1. The van der Waals surface area contributed by atoms with Crippen molar-refractivity contribution >= 4 is 33.6 Å². The number of carbonyl (C=O) groups excluding carboxylic acids is 1. The maximum Gasteiger partial charge on any atom is 0.490 e. The molecule has 250 valence electrons. The zero-order valence-corrected chi connectivity index (χ0v) is 27.4. The number of aromatic nitrogens is 2. The quantitative estimate of drug-likeness (QED) is 0.399. The van der Waals surface area contributed by atoms with Crippen LogP contribution in [0.15, 0.2) is 34.9 Å². The summed E-state index contributed by atoms with van der Waals surface area (Å²) in [7, 11) is 2.21. The molecule has 3 aliphatic rings. The van der Waals surface area contributed by atoms with Gasteiger partial charge in [0.2, 0.25) is 5.82 Å². The fourth-order valence-corrected chi connectivity index (χ4v) is 6.44. The third-order valence-corrected chi connectivity index (χ3v) is 9.25. The highest BCUT2D eigenvalue weighted by molar-refractivity contribution is 9.10. The number of alkyl halides is 3. The summed E-state index contributed by atoms with van der Waals surface area (Å²) < 4.78 is 32.4. The first-order valence-corrected chi connectivity index (χ1v) is 16.3. The number of hydrazine groups is 1. The molecular formula is C31H40BrF3N8O3. The molecule has 1 amide bonds. The standard InChI is InChI=1S/C29H39BrN8O.C2HF3O2/c1-35-15-17-37(18-16-35)24-11-13-36(14-12-24)21-22-7-9-23(10-8-22)29(39)34-38(25-5-3-2-4-6-25)28-26(30)20-32-27(19-31)33-28;3-2(4,5)1(6)7/h7-10,20,24-25H,2-6,11-18,21H2,1H3,(H,34,39);(H,6,7). The van der Waals surface area contributed by atoms with Gasteiger partial charge in [-0.05, 0) is 79.4 Å². The predicted octanol–water partition coefficient (Wildman–Crippen LogP) is 4.44. The van der Waals surface area contributed by atoms with E-state index >= 15 is 0 Å². The van der Waals surface area contributed by atoms with Crippen LogP contribution in [0, 0.1) is 11.3 Å². The van der Waals surface area contributed by atoms with E-state index < -0.39 is 12.1 Å². The minimum Gasteiger partial charge on any atom is -0.475 e. The summed E-state index contributed by atoms with van der Waals surface area (Å²) in [5.74, 6) is -2.32. The van der Waals surface area contributed by atoms with Crippen molar-refractivity contribution in [1.29, 1.82) is 5.26 Å². The Morgan fingerprint density at radius 3 is 2.22 bits per heavy atom. The number of hydrogen-bond acceptors (Lipinski definition) is 9. The third-order valence-electron chi connectivity index (χ3n) is 8.69. The minimum absolute atomic E-state index is 0.0835. The Hall–Kier alpha value is -3.32. The maximum absolute atomic E-state index is 13.4. The summed E-state index contributed by atoms with van der Waals surface area (Å²) in [5.41, 5.74) is 4.94. The molecule has 2 N–H and O–H groups in total. The number of benzene rings is 1. The zero-order chi connectivity index (χ0) is 33.3. The molecule has 0 radical (unpaired) electrons. The summed E-state index contributed by atoms with van der Waals surface area (Å²) in [4.78, 5) is 38.3. The van der Waals surface area contributed by atoms with E-state index in [4.69, 9.17) is 9.90 Å². The summed E-state index contributed by atoms with van der Waals surface area (Å²) in [6.07, 6.45) is 4.28. The second kappa shape index (κ2) is 16.5. The SMILES string of the molecule is CN1CCN(C2CCN(Cc3ccc(C(=O)NN(c4nc(C#N)ncc4Br)C4CCCCC4)cc3)CC2)CC1.O=C(O)C(F)(F)F. The van der Waals surface area contributed by atoms with Crippen LogP contribution in [0.4, 0.5) is 19.0 Å². The minimum atomic E-state index is -5.08. The van der Waals surface area contributed by atoms with Crippen molar-refractivity contribution in [2.45, 2.75) is 69.8 Å². The molecule has 0 spiro atoms. The first kappa shape index (κ1) is 35.5. The lowest BCUT2D eigenvalue weighted by molar-refractivity contribution is -0.192. The predicted molar refractivity (Wildman–Crippen MR) is 169 cm³/mol. The molecule has 2 aliphatic heterocycles. The molecule has 3 heterocycles. The number of amides is 1. The number of halogens is 4. The number of hydrogen-bond donors (Lipinski definition) is 2. The lowest BCUT2D eigenvalue weighted by atomic mass is 9.95. The van der Waals surface area contributed by atoms with Gasteiger partial charge in [0.25, 0.3) is 5.91 Å². The van der Waals surface area contributed by atoms with Gasteiger partial charge in [-0.15, -0.1) is 0 Å². The zero-order valence-electron chi connectivity index (χ0n) is 25.8. The lowest BCUT2D eigenvalue weighted by Gasteiger charge is -2.42. The number of carboxylic acid groups (broad SMARTS) is 1. The number of likely N-dealkylation sites (tertiary alicyclic amines) is 1. The first-order valence-electron chi connectivity index (χ1n) is 15.5. The lowest BCUT2D eigenvalue weighted by Crippen LogP contribution is -2.52. The Balaban J connectivity index is 0.000000617. The molecule has 46 heavy (non-hydrogen) atoms. The van der Waals surface area contributed by atoms with Crippen LogP contribution in [0.2, 0.25) is 0 Å². The Morgan fingerprint density at radius 1 is 1.04 bits per heavy atom. The van der Waals surface area contributed by atoms with E-state index in [-0.39, 0.29) is 17.8 Å². The number of anilines is 1. The van der Waals surface area contributed by atoms with Crippen LogP contribution in [-0.4, -0.2) is 106 Å². The topological polar surface area (TPSA) is 129 Å².